The molecule has 2 fully saturated rings. The van der Waals surface area contributed by atoms with Gasteiger partial charge in [0, 0.05) is 19.6 Å². The molecule has 0 aromatic heterocycles. The maximum absolute atomic E-state index is 12.1. The second-order valence-electron chi connectivity index (χ2n) is 5.03. The van der Waals surface area contributed by atoms with Gasteiger partial charge >= 0.3 is 6.03 Å². The zero-order valence-corrected chi connectivity index (χ0v) is 10.4. The quantitative estimate of drug-likeness (QED) is 0.782. The van der Waals surface area contributed by atoms with Gasteiger partial charge in [-0.15, -0.1) is 0 Å². The van der Waals surface area contributed by atoms with Crippen LogP contribution in [0.3, 0.4) is 0 Å². The number of hydrogen-bond acceptors (Lipinski definition) is 2. The van der Waals surface area contributed by atoms with E-state index in [4.69, 9.17) is 0 Å². The van der Waals surface area contributed by atoms with E-state index in [1.165, 1.54) is 25.7 Å². The number of nitrogens with one attached hydrogen (secondary N) is 1. The smallest absolute Gasteiger partial charge is 0.320 e. The first kappa shape index (κ1) is 11.7. The largest absolute Gasteiger partial charge is 0.323 e. The Labute approximate surface area is 98.0 Å². The molecule has 0 radical (unpaired) electrons. The average molecular weight is 225 g/mol. The Morgan fingerprint density at radius 2 is 2.06 bits per heavy atom. The Kier molecular flexibility index (Phi) is 3.69. The van der Waals surface area contributed by atoms with Crippen molar-refractivity contribution in [1.29, 1.82) is 0 Å². The van der Waals surface area contributed by atoms with E-state index in [-0.39, 0.29) is 6.03 Å². The fourth-order valence-electron chi connectivity index (χ4n) is 2.90. The molecule has 2 amide bonds. The summed E-state index contributed by atoms with van der Waals surface area (Å²) >= 11 is 0. The average Bonchev–Trinajstić information content (AvgIpc) is 2.88. The lowest BCUT2D eigenvalue weighted by molar-refractivity contribution is 0.181. The third kappa shape index (κ3) is 2.17. The molecule has 0 spiro atoms. The molecular formula is C12H23N3O. The summed E-state index contributed by atoms with van der Waals surface area (Å²) in [6.07, 6.45) is 6.05. The lowest BCUT2D eigenvalue weighted by Gasteiger charge is -2.22. The Bertz CT molecular complexity index is 251. The lowest BCUT2D eigenvalue weighted by atomic mass is 10.2. The molecule has 1 unspecified atom stereocenters. The molecule has 1 aliphatic carbocycles. The molecule has 1 N–H and O–H groups in total. The summed E-state index contributed by atoms with van der Waals surface area (Å²) in [4.78, 5) is 16.1. The molecule has 0 aromatic carbocycles. The number of carbonyl (C=O) groups excluding carboxylic acids is 1. The van der Waals surface area contributed by atoms with E-state index in [2.05, 4.69) is 10.2 Å². The molecule has 2 aliphatic rings. The van der Waals surface area contributed by atoms with Crippen LogP contribution in [0.4, 0.5) is 4.79 Å². The molecule has 16 heavy (non-hydrogen) atoms. The van der Waals surface area contributed by atoms with Crippen LogP contribution >= 0.6 is 0 Å². The monoisotopic (exact) mass is 225 g/mol. The van der Waals surface area contributed by atoms with Crippen LogP contribution < -0.4 is 5.32 Å². The molecule has 1 heterocycles. The molecule has 2 rings (SSSR count). The minimum atomic E-state index is 0.244. The van der Waals surface area contributed by atoms with Crippen molar-refractivity contribution in [1.82, 2.24) is 15.1 Å². The van der Waals surface area contributed by atoms with Crippen molar-refractivity contribution in [3.05, 3.63) is 0 Å². The molecule has 1 atom stereocenters. The van der Waals surface area contributed by atoms with Gasteiger partial charge in [-0.05, 0) is 32.9 Å². The fourth-order valence-corrected chi connectivity index (χ4v) is 2.90. The second kappa shape index (κ2) is 5.04. The van der Waals surface area contributed by atoms with Crippen LogP contribution in [0.15, 0.2) is 0 Å². The van der Waals surface area contributed by atoms with Gasteiger partial charge in [0.2, 0.25) is 0 Å². The normalized spacial score (nSPS) is 27.1. The molecule has 4 nitrogen and oxygen atoms in total. The van der Waals surface area contributed by atoms with E-state index in [9.17, 15) is 4.79 Å². The molecule has 0 aromatic rings. The van der Waals surface area contributed by atoms with Crippen molar-refractivity contribution >= 4 is 6.03 Å². The lowest BCUT2D eigenvalue weighted by Crippen LogP contribution is -2.36. The van der Waals surface area contributed by atoms with Crippen molar-refractivity contribution in [3.63, 3.8) is 0 Å². The number of hydrogen-bond donors (Lipinski definition) is 1. The van der Waals surface area contributed by atoms with E-state index in [1.54, 1.807) is 0 Å². The van der Waals surface area contributed by atoms with E-state index in [1.807, 2.05) is 19.0 Å². The number of likely N-dealkylation sites (N-methyl/N-ethyl adjacent to an activating group) is 1. The zero-order chi connectivity index (χ0) is 11.5. The summed E-state index contributed by atoms with van der Waals surface area (Å²) < 4.78 is 0. The van der Waals surface area contributed by atoms with Gasteiger partial charge in [-0.2, -0.15) is 0 Å². The van der Waals surface area contributed by atoms with Gasteiger partial charge in [-0.25, -0.2) is 4.79 Å². The first-order valence-corrected chi connectivity index (χ1v) is 6.42. The molecular weight excluding hydrogens is 202 g/mol. The summed E-state index contributed by atoms with van der Waals surface area (Å²) in [5.74, 6) is 0. The first-order valence-electron chi connectivity index (χ1n) is 6.42. The Morgan fingerprint density at radius 3 is 2.69 bits per heavy atom. The highest BCUT2D eigenvalue weighted by Gasteiger charge is 2.38. The number of rotatable bonds is 4. The van der Waals surface area contributed by atoms with Crippen LogP contribution in [0, 0.1) is 0 Å². The summed E-state index contributed by atoms with van der Waals surface area (Å²) in [7, 11) is 3.91. The SMILES string of the molecule is CNCCC1CN(C2CCCC2)C(=O)N1C. The van der Waals surface area contributed by atoms with Crippen molar-refractivity contribution in [3.8, 4) is 0 Å². The van der Waals surface area contributed by atoms with Crippen molar-refractivity contribution in [2.24, 2.45) is 0 Å². The fraction of sp³-hybridized carbons (Fsp3) is 0.917. The van der Waals surface area contributed by atoms with Gasteiger partial charge < -0.3 is 15.1 Å². The molecule has 1 aliphatic heterocycles. The molecule has 1 saturated heterocycles. The van der Waals surface area contributed by atoms with E-state index in [0.29, 0.717) is 12.1 Å². The summed E-state index contributed by atoms with van der Waals surface area (Å²) in [6.45, 7) is 1.92. The zero-order valence-electron chi connectivity index (χ0n) is 10.4. The molecule has 4 heteroatoms. The maximum Gasteiger partial charge on any atom is 0.320 e. The van der Waals surface area contributed by atoms with Crippen molar-refractivity contribution in [2.75, 3.05) is 27.2 Å². The standard InChI is InChI=1S/C12H23N3O/c1-13-8-7-11-9-15(12(16)14(11)2)10-5-3-4-6-10/h10-11,13H,3-9H2,1-2H3. The highest BCUT2D eigenvalue weighted by molar-refractivity contribution is 5.77. The van der Waals surface area contributed by atoms with Gasteiger partial charge in [0.1, 0.15) is 0 Å². The summed E-state index contributed by atoms with van der Waals surface area (Å²) in [6, 6.07) is 1.17. The van der Waals surface area contributed by atoms with E-state index in [0.717, 1.165) is 19.5 Å². The van der Waals surface area contributed by atoms with Crippen LogP contribution in [-0.2, 0) is 0 Å². The highest BCUT2D eigenvalue weighted by Crippen LogP contribution is 2.28. The minimum Gasteiger partial charge on any atom is -0.323 e. The van der Waals surface area contributed by atoms with Crippen LogP contribution in [0.1, 0.15) is 32.1 Å². The van der Waals surface area contributed by atoms with Crippen molar-refractivity contribution < 1.29 is 4.79 Å². The summed E-state index contributed by atoms with van der Waals surface area (Å²) in [5, 5.41) is 3.16. The van der Waals surface area contributed by atoms with Gasteiger partial charge in [-0.1, -0.05) is 12.8 Å². The molecule has 0 bridgehead atoms. The van der Waals surface area contributed by atoms with Crippen LogP contribution in [0.2, 0.25) is 0 Å². The van der Waals surface area contributed by atoms with Gasteiger partial charge in [0.05, 0.1) is 6.04 Å². The van der Waals surface area contributed by atoms with Crippen LogP contribution in [0.5, 0.6) is 0 Å². The first-order chi connectivity index (χ1) is 7.74. The Balaban J connectivity index is 1.93. The number of carbonyl (C=O) groups is 1. The van der Waals surface area contributed by atoms with Crippen LogP contribution in [0.25, 0.3) is 0 Å². The van der Waals surface area contributed by atoms with Gasteiger partial charge in [-0.3, -0.25) is 0 Å². The number of amides is 2. The maximum atomic E-state index is 12.1. The third-order valence-electron chi connectivity index (χ3n) is 4.00. The number of nitrogens with zero attached hydrogens (tertiary/aromatic N) is 2. The van der Waals surface area contributed by atoms with Gasteiger partial charge in [0.15, 0.2) is 0 Å². The number of urea groups is 1. The highest BCUT2D eigenvalue weighted by atomic mass is 16.2. The molecule has 92 valence electrons. The van der Waals surface area contributed by atoms with Crippen molar-refractivity contribution in [2.45, 2.75) is 44.2 Å². The second-order valence-corrected chi connectivity index (χ2v) is 5.03. The minimum absolute atomic E-state index is 0.244. The molecule has 1 saturated carbocycles. The predicted octanol–water partition coefficient (Wildman–Crippen LogP) is 1.27. The topological polar surface area (TPSA) is 35.6 Å². The van der Waals surface area contributed by atoms with E-state index >= 15 is 0 Å². The van der Waals surface area contributed by atoms with Gasteiger partial charge in [0.25, 0.3) is 0 Å². The Hall–Kier alpha value is -0.770. The third-order valence-corrected chi connectivity index (χ3v) is 4.00. The van der Waals surface area contributed by atoms with E-state index < -0.39 is 0 Å². The Morgan fingerprint density at radius 1 is 1.38 bits per heavy atom. The summed E-state index contributed by atoms with van der Waals surface area (Å²) in [5.41, 5.74) is 0. The predicted molar refractivity (Wildman–Crippen MR) is 64.5 cm³/mol. The van der Waals surface area contributed by atoms with Crippen LogP contribution in [-0.4, -0.2) is 55.1 Å².